The number of nitrogens with one attached hydrogen (secondary N) is 1. The van der Waals surface area contributed by atoms with Crippen LogP contribution in [-0.4, -0.2) is 18.5 Å². The zero-order valence-corrected chi connectivity index (χ0v) is 13.1. The van der Waals surface area contributed by atoms with Crippen LogP contribution in [0.1, 0.15) is 21.5 Å². The van der Waals surface area contributed by atoms with Gasteiger partial charge in [0, 0.05) is 12.6 Å². The van der Waals surface area contributed by atoms with Gasteiger partial charge in [0.25, 0.3) is 5.91 Å². The van der Waals surface area contributed by atoms with Gasteiger partial charge in [-0.1, -0.05) is 12.1 Å². The molecule has 26 heavy (non-hydrogen) atoms. The highest BCUT2D eigenvalue weighted by Gasteiger charge is 2.29. The summed E-state index contributed by atoms with van der Waals surface area (Å²) < 4.78 is 68.1. The first kappa shape index (κ1) is 19.4. The maximum absolute atomic E-state index is 13.4. The molecule has 0 aliphatic rings. The third-order valence-corrected chi connectivity index (χ3v) is 3.26. The first-order valence-electron chi connectivity index (χ1n) is 7.22. The maximum Gasteiger partial charge on any atom is 0.416 e. The number of alkyl halides is 3. The minimum atomic E-state index is -4.45. The molecule has 4 nitrogen and oxygen atoms in total. The molecule has 1 N–H and O–H groups in total. The molecule has 0 aliphatic heterocycles. The van der Waals surface area contributed by atoms with Crippen molar-refractivity contribution in [3.05, 3.63) is 70.8 Å². The van der Waals surface area contributed by atoms with Crippen LogP contribution in [0.5, 0.6) is 0 Å². The topological polar surface area (TPSA) is 55.4 Å². The summed E-state index contributed by atoms with van der Waals surface area (Å²) in [5.41, 5.74) is -0.938. The lowest BCUT2D eigenvalue weighted by atomic mass is 10.1. The summed E-state index contributed by atoms with van der Waals surface area (Å²) in [6.07, 6.45) is -4.45. The molecule has 0 aromatic heterocycles. The fourth-order valence-corrected chi connectivity index (χ4v) is 1.93. The molecule has 0 unspecified atom stereocenters. The van der Waals surface area contributed by atoms with Crippen LogP contribution in [-0.2, 0) is 22.3 Å². The molecule has 2 aromatic rings. The number of hydrogen-bond acceptors (Lipinski definition) is 3. The Morgan fingerprint density at radius 2 is 1.65 bits per heavy atom. The Kier molecular flexibility index (Phi) is 5.91. The second-order valence-electron chi connectivity index (χ2n) is 5.17. The third-order valence-electron chi connectivity index (χ3n) is 3.26. The Morgan fingerprint density at radius 3 is 2.23 bits per heavy atom. The molecule has 2 aromatic carbocycles. The largest absolute Gasteiger partial charge is 0.452 e. The van der Waals surface area contributed by atoms with Gasteiger partial charge < -0.3 is 10.1 Å². The van der Waals surface area contributed by atoms with Gasteiger partial charge in [0.1, 0.15) is 11.6 Å². The van der Waals surface area contributed by atoms with E-state index in [1.54, 1.807) is 0 Å². The molecule has 0 radical (unpaired) electrons. The molecule has 2 rings (SSSR count). The molecule has 0 atom stereocenters. The summed E-state index contributed by atoms with van der Waals surface area (Å²) in [5, 5.41) is 2.34. The second kappa shape index (κ2) is 7.94. The van der Waals surface area contributed by atoms with Crippen LogP contribution in [0.15, 0.2) is 42.5 Å². The molecule has 0 fully saturated rings. The Hall–Kier alpha value is -2.97. The van der Waals surface area contributed by atoms with Crippen LogP contribution >= 0.6 is 0 Å². The molecule has 0 aliphatic carbocycles. The second-order valence-corrected chi connectivity index (χ2v) is 5.17. The molecule has 0 saturated heterocycles. The van der Waals surface area contributed by atoms with Gasteiger partial charge >= 0.3 is 12.1 Å². The van der Waals surface area contributed by atoms with Crippen LogP contribution in [0, 0.1) is 11.6 Å². The van der Waals surface area contributed by atoms with Crippen molar-refractivity contribution in [2.24, 2.45) is 0 Å². The average Bonchev–Trinajstić information content (AvgIpc) is 2.57. The van der Waals surface area contributed by atoms with Gasteiger partial charge in [0.2, 0.25) is 0 Å². The van der Waals surface area contributed by atoms with E-state index in [2.05, 4.69) is 10.1 Å². The van der Waals surface area contributed by atoms with Gasteiger partial charge in [0.15, 0.2) is 6.61 Å². The van der Waals surface area contributed by atoms with Crippen LogP contribution in [0.2, 0.25) is 0 Å². The highest BCUT2D eigenvalue weighted by molar-refractivity contribution is 5.91. The number of halogens is 5. The summed E-state index contributed by atoms with van der Waals surface area (Å²) in [6, 6.07) is 6.39. The lowest BCUT2D eigenvalue weighted by Crippen LogP contribution is -2.28. The lowest BCUT2D eigenvalue weighted by Gasteiger charge is -2.09. The van der Waals surface area contributed by atoms with E-state index in [9.17, 15) is 31.5 Å². The van der Waals surface area contributed by atoms with Gasteiger partial charge in [-0.2, -0.15) is 13.2 Å². The fraction of sp³-hybridized carbons (Fsp3) is 0.176. The molecule has 0 saturated carbocycles. The summed E-state index contributed by atoms with van der Waals surface area (Å²) in [7, 11) is 0. The summed E-state index contributed by atoms with van der Waals surface area (Å²) in [4.78, 5) is 23.2. The Labute approximate surface area is 144 Å². The summed E-state index contributed by atoms with van der Waals surface area (Å²) >= 11 is 0. The van der Waals surface area contributed by atoms with Crippen LogP contribution in [0.4, 0.5) is 22.0 Å². The number of amides is 1. The van der Waals surface area contributed by atoms with E-state index in [0.717, 1.165) is 24.3 Å². The number of esters is 1. The van der Waals surface area contributed by atoms with Gasteiger partial charge in [-0.05, 0) is 29.8 Å². The monoisotopic (exact) mass is 373 g/mol. The number of benzene rings is 2. The van der Waals surface area contributed by atoms with E-state index in [0.29, 0.717) is 11.6 Å². The zero-order chi connectivity index (χ0) is 19.3. The van der Waals surface area contributed by atoms with Crippen molar-refractivity contribution in [2.45, 2.75) is 12.7 Å². The SMILES string of the molecule is O=C(COC(=O)c1ccc(F)cc1F)NCc1ccc(C(F)(F)F)cc1. The molecule has 138 valence electrons. The molecule has 0 bridgehead atoms. The number of rotatable bonds is 5. The highest BCUT2D eigenvalue weighted by atomic mass is 19.4. The lowest BCUT2D eigenvalue weighted by molar-refractivity contribution is -0.137. The van der Waals surface area contributed by atoms with E-state index < -0.39 is 47.4 Å². The molecule has 0 heterocycles. The molecule has 0 spiro atoms. The summed E-state index contributed by atoms with van der Waals surface area (Å²) in [5.74, 6) is -3.87. The third kappa shape index (κ3) is 5.27. The van der Waals surface area contributed by atoms with Crippen molar-refractivity contribution in [3.63, 3.8) is 0 Å². The summed E-state index contributed by atoms with van der Waals surface area (Å²) in [6.45, 7) is -0.810. The van der Waals surface area contributed by atoms with Crippen LogP contribution in [0.3, 0.4) is 0 Å². The molecular formula is C17H12F5NO3. The predicted octanol–water partition coefficient (Wildman–Crippen LogP) is 3.46. The van der Waals surface area contributed by atoms with Gasteiger partial charge in [-0.3, -0.25) is 4.79 Å². The van der Waals surface area contributed by atoms with Crippen molar-refractivity contribution in [2.75, 3.05) is 6.61 Å². The predicted molar refractivity (Wildman–Crippen MR) is 79.9 cm³/mol. The van der Waals surface area contributed by atoms with Gasteiger partial charge in [-0.25, -0.2) is 13.6 Å². The Bertz CT molecular complexity index is 803. The van der Waals surface area contributed by atoms with Crippen molar-refractivity contribution in [1.82, 2.24) is 5.32 Å². The Balaban J connectivity index is 1.82. The molecule has 9 heteroatoms. The number of carbonyl (C=O) groups excluding carboxylic acids is 2. The number of ether oxygens (including phenoxy) is 1. The zero-order valence-electron chi connectivity index (χ0n) is 13.1. The van der Waals surface area contributed by atoms with E-state index >= 15 is 0 Å². The van der Waals surface area contributed by atoms with Gasteiger partial charge in [-0.15, -0.1) is 0 Å². The van der Waals surface area contributed by atoms with Crippen molar-refractivity contribution >= 4 is 11.9 Å². The number of carbonyl (C=O) groups is 2. The van der Waals surface area contributed by atoms with Gasteiger partial charge in [0.05, 0.1) is 11.1 Å². The van der Waals surface area contributed by atoms with Crippen molar-refractivity contribution in [3.8, 4) is 0 Å². The minimum absolute atomic E-state index is 0.0839. The quantitative estimate of drug-likeness (QED) is 0.645. The van der Waals surface area contributed by atoms with E-state index in [-0.39, 0.29) is 6.54 Å². The van der Waals surface area contributed by atoms with Crippen LogP contribution < -0.4 is 5.32 Å². The minimum Gasteiger partial charge on any atom is -0.452 e. The first-order valence-corrected chi connectivity index (χ1v) is 7.22. The molecule has 1 amide bonds. The average molecular weight is 373 g/mol. The highest BCUT2D eigenvalue weighted by Crippen LogP contribution is 2.29. The van der Waals surface area contributed by atoms with E-state index in [1.165, 1.54) is 12.1 Å². The van der Waals surface area contributed by atoms with Crippen molar-refractivity contribution in [1.29, 1.82) is 0 Å². The first-order chi connectivity index (χ1) is 12.2. The van der Waals surface area contributed by atoms with Crippen LogP contribution in [0.25, 0.3) is 0 Å². The molecular weight excluding hydrogens is 361 g/mol. The van der Waals surface area contributed by atoms with Crippen molar-refractivity contribution < 1.29 is 36.3 Å². The Morgan fingerprint density at radius 1 is 1.00 bits per heavy atom. The smallest absolute Gasteiger partial charge is 0.416 e. The normalized spacial score (nSPS) is 11.1. The standard InChI is InChI=1S/C17H12F5NO3/c18-12-5-6-13(14(19)7-12)16(25)26-9-15(24)23-8-10-1-3-11(4-2-10)17(20,21)22/h1-7H,8-9H2,(H,23,24). The van der Waals surface area contributed by atoms with E-state index in [4.69, 9.17) is 0 Å². The van der Waals surface area contributed by atoms with E-state index in [1.807, 2.05) is 0 Å². The maximum atomic E-state index is 13.4. The number of hydrogen-bond donors (Lipinski definition) is 1. The fourth-order valence-electron chi connectivity index (χ4n) is 1.93.